The van der Waals surface area contributed by atoms with Crippen LogP contribution in [0.5, 0.6) is 0 Å². The molecule has 0 aliphatic heterocycles. The molecule has 0 atom stereocenters. The Bertz CT molecular complexity index is 121. The smallest absolute Gasteiger partial charge is 0.183 e. The van der Waals surface area contributed by atoms with Crippen LogP contribution in [0.2, 0.25) is 0 Å². The van der Waals surface area contributed by atoms with Crippen molar-refractivity contribution in [3.05, 3.63) is 12.2 Å². The Morgan fingerprint density at radius 2 is 2.38 bits per heavy atom. The number of nitrogens with zero attached hydrogens (tertiary/aromatic N) is 1. The molecule has 0 aromatic rings. The lowest BCUT2D eigenvalue weighted by Crippen LogP contribution is -1.78. The lowest BCUT2D eigenvalue weighted by Gasteiger charge is -1.81. The molecule has 44 valence electrons. The van der Waals surface area contributed by atoms with Crippen LogP contribution < -0.4 is 0 Å². The first kappa shape index (κ1) is 7.81. The summed E-state index contributed by atoms with van der Waals surface area (Å²) in [5.74, 6) is 0. The number of nitrogens with one attached hydrogen (secondary N) is 1. The van der Waals surface area contributed by atoms with Crippen molar-refractivity contribution in [1.29, 1.82) is 5.41 Å². The maximum Gasteiger partial charge on any atom is 0.183 e. The minimum atomic E-state index is 0.283. The van der Waals surface area contributed by atoms with E-state index in [0.717, 1.165) is 5.57 Å². The van der Waals surface area contributed by atoms with Gasteiger partial charge in [-0.1, -0.05) is 6.58 Å². The van der Waals surface area contributed by atoms with E-state index in [1.165, 1.54) is 0 Å². The predicted octanol–water partition coefficient (Wildman–Crippen LogP) is 2.00. The van der Waals surface area contributed by atoms with Crippen LogP contribution in [0.15, 0.2) is 17.1 Å². The van der Waals surface area contributed by atoms with Crippen LogP contribution in [0.25, 0.3) is 0 Å². The van der Waals surface area contributed by atoms with Crippen LogP contribution >= 0.6 is 22.6 Å². The third kappa shape index (κ3) is 5.81. The topological polar surface area (TPSA) is 36.2 Å². The zero-order valence-corrected chi connectivity index (χ0v) is 6.77. The molecule has 0 spiro atoms. The molecule has 0 bridgehead atoms. The van der Waals surface area contributed by atoms with Gasteiger partial charge >= 0.3 is 0 Å². The summed E-state index contributed by atoms with van der Waals surface area (Å²) in [6.45, 7) is 5.41. The number of hydrogen-bond donors (Lipinski definition) is 1. The lowest BCUT2D eigenvalue weighted by molar-refractivity contribution is 1.51. The second-order valence-electron chi connectivity index (χ2n) is 1.40. The summed E-state index contributed by atoms with van der Waals surface area (Å²) in [6, 6.07) is 0. The van der Waals surface area contributed by atoms with E-state index in [0.29, 0.717) is 0 Å². The number of allylic oxidation sites excluding steroid dienone is 1. The van der Waals surface area contributed by atoms with Crippen LogP contribution in [0.1, 0.15) is 6.92 Å². The first-order chi connectivity index (χ1) is 3.63. The van der Waals surface area contributed by atoms with E-state index in [2.05, 4.69) is 11.6 Å². The van der Waals surface area contributed by atoms with Crippen LogP contribution in [-0.2, 0) is 0 Å². The molecular formula is C5H7IN2. The molecule has 0 rings (SSSR count). The van der Waals surface area contributed by atoms with E-state index >= 15 is 0 Å². The third-order valence-corrected chi connectivity index (χ3v) is 0.677. The standard InChI is InChI=1S/C5H7IN2/c1-4(2)3-8-5(6)7/h3,7H,1H2,2H3/b7-5?,8-3-. The highest BCUT2D eigenvalue weighted by atomic mass is 127. The van der Waals surface area contributed by atoms with Gasteiger partial charge in [-0.2, -0.15) is 0 Å². The van der Waals surface area contributed by atoms with Gasteiger partial charge in [-0.25, -0.2) is 4.99 Å². The van der Waals surface area contributed by atoms with Gasteiger partial charge in [-0.05, 0) is 12.5 Å². The lowest BCUT2D eigenvalue weighted by atomic mass is 10.4. The van der Waals surface area contributed by atoms with Gasteiger partial charge in [0.15, 0.2) is 3.84 Å². The first-order valence-corrected chi connectivity index (χ1v) is 3.14. The number of hydrogen-bond acceptors (Lipinski definition) is 1. The average Bonchev–Trinajstić information content (AvgIpc) is 1.61. The number of aliphatic imine (C=N–C) groups is 1. The Morgan fingerprint density at radius 3 is 2.50 bits per heavy atom. The van der Waals surface area contributed by atoms with Crippen molar-refractivity contribution in [3.8, 4) is 0 Å². The maximum absolute atomic E-state index is 6.84. The zero-order chi connectivity index (χ0) is 6.57. The molecule has 0 saturated heterocycles. The maximum atomic E-state index is 6.84. The third-order valence-electron chi connectivity index (χ3n) is 0.398. The molecule has 0 aromatic carbocycles. The van der Waals surface area contributed by atoms with Crippen molar-refractivity contribution < 1.29 is 0 Å². The molecule has 1 N–H and O–H groups in total. The first-order valence-electron chi connectivity index (χ1n) is 2.06. The quantitative estimate of drug-likeness (QED) is 0.305. The molecule has 8 heavy (non-hydrogen) atoms. The summed E-state index contributed by atoms with van der Waals surface area (Å²) in [6.07, 6.45) is 1.56. The van der Waals surface area contributed by atoms with E-state index in [1.807, 2.05) is 29.5 Å². The van der Waals surface area contributed by atoms with Crippen molar-refractivity contribution in [1.82, 2.24) is 0 Å². The highest BCUT2D eigenvalue weighted by Gasteiger charge is 1.77. The van der Waals surface area contributed by atoms with E-state index in [1.54, 1.807) is 6.21 Å². The van der Waals surface area contributed by atoms with Crippen molar-refractivity contribution in [2.24, 2.45) is 4.99 Å². The summed E-state index contributed by atoms with van der Waals surface area (Å²) < 4.78 is 0.283. The van der Waals surface area contributed by atoms with Crippen LogP contribution in [0, 0.1) is 5.41 Å². The Labute approximate surface area is 62.4 Å². The van der Waals surface area contributed by atoms with Crippen LogP contribution in [-0.4, -0.2) is 10.1 Å². The molecule has 0 aromatic heterocycles. The number of rotatable bonds is 1. The van der Waals surface area contributed by atoms with Gasteiger partial charge < -0.3 is 0 Å². The van der Waals surface area contributed by atoms with Crippen molar-refractivity contribution >= 4 is 32.6 Å². The molecule has 3 heteroatoms. The van der Waals surface area contributed by atoms with Crippen LogP contribution in [0.4, 0.5) is 0 Å². The second-order valence-corrected chi connectivity index (χ2v) is 2.42. The molecular weight excluding hydrogens is 215 g/mol. The average molecular weight is 222 g/mol. The molecule has 0 fully saturated rings. The predicted molar refractivity (Wildman–Crippen MR) is 45.1 cm³/mol. The minimum Gasteiger partial charge on any atom is -0.277 e. The van der Waals surface area contributed by atoms with Gasteiger partial charge in [-0.15, -0.1) is 0 Å². The highest BCUT2D eigenvalue weighted by molar-refractivity contribution is 14.1. The molecule has 0 amide bonds. The largest absolute Gasteiger partial charge is 0.277 e. The van der Waals surface area contributed by atoms with Gasteiger partial charge in [-0.3, -0.25) is 5.41 Å². The van der Waals surface area contributed by atoms with E-state index < -0.39 is 0 Å². The fourth-order valence-electron chi connectivity index (χ4n) is 0.167. The molecule has 0 aliphatic carbocycles. The Kier molecular flexibility index (Phi) is 3.68. The van der Waals surface area contributed by atoms with E-state index in [4.69, 9.17) is 5.41 Å². The Balaban J connectivity index is 3.67. The summed E-state index contributed by atoms with van der Waals surface area (Å²) in [5.41, 5.74) is 0.867. The minimum absolute atomic E-state index is 0.283. The van der Waals surface area contributed by atoms with Gasteiger partial charge in [0.1, 0.15) is 0 Å². The normalized spacial score (nSPS) is 9.75. The number of halogens is 1. The van der Waals surface area contributed by atoms with Crippen molar-refractivity contribution in [2.75, 3.05) is 0 Å². The zero-order valence-electron chi connectivity index (χ0n) is 4.61. The van der Waals surface area contributed by atoms with Gasteiger partial charge in [0, 0.05) is 28.8 Å². The van der Waals surface area contributed by atoms with E-state index in [9.17, 15) is 0 Å². The number of amidine groups is 1. The fraction of sp³-hybridized carbons (Fsp3) is 0.200. The highest BCUT2D eigenvalue weighted by Crippen LogP contribution is 1.88. The summed E-state index contributed by atoms with van der Waals surface area (Å²) in [4.78, 5) is 3.67. The van der Waals surface area contributed by atoms with Crippen LogP contribution in [0.3, 0.4) is 0 Å². The second kappa shape index (κ2) is 3.77. The molecule has 0 saturated carbocycles. The summed E-state index contributed by atoms with van der Waals surface area (Å²) >= 11 is 1.82. The van der Waals surface area contributed by atoms with Crippen molar-refractivity contribution in [3.63, 3.8) is 0 Å². The Morgan fingerprint density at radius 1 is 1.88 bits per heavy atom. The molecule has 0 heterocycles. The molecule has 0 unspecified atom stereocenters. The summed E-state index contributed by atoms with van der Waals surface area (Å²) in [5, 5.41) is 6.84. The fourth-order valence-corrected chi connectivity index (χ4v) is 0.306. The monoisotopic (exact) mass is 222 g/mol. The van der Waals surface area contributed by atoms with Crippen molar-refractivity contribution in [2.45, 2.75) is 6.92 Å². The SMILES string of the molecule is C=C(C)/C=N\C(=N)I. The van der Waals surface area contributed by atoms with Gasteiger partial charge in [0.05, 0.1) is 0 Å². The van der Waals surface area contributed by atoms with Gasteiger partial charge in [0.2, 0.25) is 0 Å². The van der Waals surface area contributed by atoms with Gasteiger partial charge in [0.25, 0.3) is 0 Å². The van der Waals surface area contributed by atoms with E-state index in [-0.39, 0.29) is 3.84 Å². The summed E-state index contributed by atoms with van der Waals surface area (Å²) in [7, 11) is 0. The molecule has 0 radical (unpaired) electrons. The molecule has 2 nitrogen and oxygen atoms in total. The Hall–Kier alpha value is -0.190. The molecule has 0 aliphatic rings.